The molecule has 0 bridgehead atoms. The number of pyridine rings is 1. The Labute approximate surface area is 120 Å². The third kappa shape index (κ3) is 5.76. The second-order valence-electron chi connectivity index (χ2n) is 4.08. The largest absolute Gasteiger partial charge is 0.481 e. The number of aliphatic carboxylic acids is 1. The van der Waals surface area contributed by atoms with E-state index >= 15 is 0 Å². The number of hydrogen-bond donors (Lipinski definition) is 4. The maximum Gasteiger partial charge on any atom is 0.326 e. The van der Waals surface area contributed by atoms with E-state index in [1.807, 2.05) is 0 Å². The summed E-state index contributed by atoms with van der Waals surface area (Å²) < 4.78 is 4.86. The van der Waals surface area contributed by atoms with E-state index < -0.39 is 23.9 Å². The van der Waals surface area contributed by atoms with Crippen LogP contribution in [-0.2, 0) is 9.59 Å². The van der Waals surface area contributed by atoms with Gasteiger partial charge in [-0.15, -0.1) is 0 Å². The normalized spacial score (nSPS) is 11.3. The molecule has 114 valence electrons. The highest BCUT2D eigenvalue weighted by Crippen LogP contribution is 2.10. The van der Waals surface area contributed by atoms with Gasteiger partial charge in [-0.25, -0.2) is 14.6 Å². The highest BCUT2D eigenvalue weighted by Gasteiger charge is 2.20. The molecule has 0 aliphatic carbocycles. The summed E-state index contributed by atoms with van der Waals surface area (Å²) in [6.45, 7) is 0. The van der Waals surface area contributed by atoms with Gasteiger partial charge in [0, 0.05) is 12.5 Å². The Hall–Kier alpha value is -2.84. The van der Waals surface area contributed by atoms with Gasteiger partial charge < -0.3 is 26.2 Å². The number of amides is 3. The highest BCUT2D eigenvalue weighted by atomic mass is 16.5. The van der Waals surface area contributed by atoms with Crippen LogP contribution in [-0.4, -0.2) is 41.1 Å². The molecule has 3 amide bonds. The van der Waals surface area contributed by atoms with Gasteiger partial charge in [0.2, 0.25) is 11.8 Å². The molecule has 0 fully saturated rings. The molecule has 21 heavy (non-hydrogen) atoms. The summed E-state index contributed by atoms with van der Waals surface area (Å²) in [5.41, 5.74) is 5.31. The van der Waals surface area contributed by atoms with Crippen LogP contribution < -0.4 is 21.1 Å². The summed E-state index contributed by atoms with van der Waals surface area (Å²) in [6.07, 6.45) is 1.14. The molecule has 0 radical (unpaired) electrons. The van der Waals surface area contributed by atoms with E-state index in [0.717, 1.165) is 0 Å². The Morgan fingerprint density at radius 3 is 2.62 bits per heavy atom. The molecule has 9 heteroatoms. The minimum absolute atomic E-state index is 0.0844. The van der Waals surface area contributed by atoms with Crippen molar-refractivity contribution >= 4 is 23.6 Å². The third-order valence-corrected chi connectivity index (χ3v) is 2.49. The van der Waals surface area contributed by atoms with Crippen molar-refractivity contribution in [1.29, 1.82) is 0 Å². The second kappa shape index (κ2) is 7.68. The number of methoxy groups -OCH3 is 1. The molecule has 0 aromatic carbocycles. The smallest absolute Gasteiger partial charge is 0.326 e. The van der Waals surface area contributed by atoms with Crippen LogP contribution in [0, 0.1) is 0 Å². The van der Waals surface area contributed by atoms with Gasteiger partial charge in [-0.1, -0.05) is 0 Å². The molecule has 1 aromatic rings. The van der Waals surface area contributed by atoms with Crippen LogP contribution >= 0.6 is 0 Å². The van der Waals surface area contributed by atoms with Gasteiger partial charge in [0.15, 0.2) is 0 Å². The number of rotatable bonds is 7. The molecule has 9 nitrogen and oxygen atoms in total. The molecule has 0 aliphatic rings. The SMILES string of the molecule is COc1ccc(NC(=O)N[C@H](CCC(N)=O)C(=O)O)cn1. The fraction of sp³-hybridized carbons (Fsp3) is 0.333. The Morgan fingerprint density at radius 2 is 2.14 bits per heavy atom. The van der Waals surface area contributed by atoms with E-state index in [2.05, 4.69) is 15.6 Å². The van der Waals surface area contributed by atoms with Gasteiger partial charge >= 0.3 is 12.0 Å². The number of urea groups is 1. The van der Waals surface area contributed by atoms with E-state index in [-0.39, 0.29) is 12.8 Å². The van der Waals surface area contributed by atoms with Crippen molar-refractivity contribution < 1.29 is 24.2 Å². The number of carboxylic acids is 1. The summed E-state index contributed by atoms with van der Waals surface area (Å²) in [5.74, 6) is -1.51. The summed E-state index contributed by atoms with van der Waals surface area (Å²) in [6, 6.07) is 1.16. The quantitative estimate of drug-likeness (QED) is 0.554. The monoisotopic (exact) mass is 296 g/mol. The molecule has 1 aromatic heterocycles. The zero-order valence-electron chi connectivity index (χ0n) is 11.3. The van der Waals surface area contributed by atoms with Gasteiger partial charge in [0.1, 0.15) is 6.04 Å². The first-order valence-corrected chi connectivity index (χ1v) is 6.01. The van der Waals surface area contributed by atoms with Crippen LogP contribution in [0.15, 0.2) is 18.3 Å². The number of anilines is 1. The van der Waals surface area contributed by atoms with Crippen LogP contribution in [0.25, 0.3) is 0 Å². The molecule has 1 heterocycles. The Morgan fingerprint density at radius 1 is 1.43 bits per heavy atom. The van der Waals surface area contributed by atoms with E-state index in [4.69, 9.17) is 15.6 Å². The average Bonchev–Trinajstić information content (AvgIpc) is 2.43. The average molecular weight is 296 g/mol. The number of nitrogens with zero attached hydrogens (tertiary/aromatic N) is 1. The molecule has 0 unspecified atom stereocenters. The summed E-state index contributed by atoms with van der Waals surface area (Å²) in [4.78, 5) is 37.2. The number of carbonyl (C=O) groups is 3. The zero-order chi connectivity index (χ0) is 15.8. The van der Waals surface area contributed by atoms with Crippen molar-refractivity contribution in [2.75, 3.05) is 12.4 Å². The van der Waals surface area contributed by atoms with Crippen molar-refractivity contribution in [3.63, 3.8) is 0 Å². The Balaban J connectivity index is 2.56. The van der Waals surface area contributed by atoms with Crippen molar-refractivity contribution in [2.24, 2.45) is 5.73 Å². The minimum Gasteiger partial charge on any atom is -0.481 e. The number of nitrogens with one attached hydrogen (secondary N) is 2. The molecule has 0 saturated carbocycles. The maximum atomic E-state index is 11.7. The first-order chi connectivity index (χ1) is 9.92. The fourth-order valence-electron chi connectivity index (χ4n) is 1.44. The van der Waals surface area contributed by atoms with E-state index in [1.165, 1.54) is 19.4 Å². The van der Waals surface area contributed by atoms with E-state index in [0.29, 0.717) is 11.6 Å². The standard InChI is InChI=1S/C12H16N4O5/c1-21-10-5-2-7(6-14-10)15-12(20)16-8(11(18)19)3-4-9(13)17/h2,5-6,8H,3-4H2,1H3,(H2,13,17)(H,18,19)(H2,15,16,20)/t8-/m1/s1. The second-order valence-corrected chi connectivity index (χ2v) is 4.08. The predicted molar refractivity (Wildman–Crippen MR) is 72.8 cm³/mol. The number of carbonyl (C=O) groups excluding carboxylic acids is 2. The van der Waals surface area contributed by atoms with E-state index in [1.54, 1.807) is 6.07 Å². The van der Waals surface area contributed by atoms with Gasteiger partial charge in [-0.2, -0.15) is 0 Å². The lowest BCUT2D eigenvalue weighted by Crippen LogP contribution is -2.43. The Kier molecular flexibility index (Phi) is 5.93. The summed E-state index contributed by atoms with van der Waals surface area (Å²) in [7, 11) is 1.46. The molecule has 5 N–H and O–H groups in total. The molecular formula is C12H16N4O5. The predicted octanol–water partition coefficient (Wildman–Crippen LogP) is -0.0696. The topological polar surface area (TPSA) is 144 Å². The first-order valence-electron chi connectivity index (χ1n) is 6.01. The fourth-order valence-corrected chi connectivity index (χ4v) is 1.44. The molecular weight excluding hydrogens is 280 g/mol. The number of carboxylic acid groups (broad SMARTS) is 1. The lowest BCUT2D eigenvalue weighted by Gasteiger charge is -2.14. The number of hydrogen-bond acceptors (Lipinski definition) is 5. The molecule has 1 rings (SSSR count). The maximum absolute atomic E-state index is 11.7. The van der Waals surface area contributed by atoms with Gasteiger partial charge in [-0.05, 0) is 12.5 Å². The molecule has 0 spiro atoms. The third-order valence-electron chi connectivity index (χ3n) is 2.49. The van der Waals surface area contributed by atoms with Gasteiger partial charge in [0.05, 0.1) is 19.0 Å². The van der Waals surface area contributed by atoms with Crippen LogP contribution in [0.2, 0.25) is 0 Å². The van der Waals surface area contributed by atoms with Gasteiger partial charge in [-0.3, -0.25) is 4.79 Å². The molecule has 0 aliphatic heterocycles. The lowest BCUT2D eigenvalue weighted by molar-refractivity contribution is -0.139. The first kappa shape index (κ1) is 16.2. The van der Waals surface area contributed by atoms with Crippen molar-refractivity contribution in [3.8, 4) is 5.88 Å². The number of primary amides is 1. The van der Waals surface area contributed by atoms with Crippen molar-refractivity contribution in [2.45, 2.75) is 18.9 Å². The Bertz CT molecular complexity index is 517. The summed E-state index contributed by atoms with van der Waals surface area (Å²) >= 11 is 0. The van der Waals surface area contributed by atoms with Gasteiger partial charge in [0.25, 0.3) is 0 Å². The number of aromatic nitrogens is 1. The van der Waals surface area contributed by atoms with Crippen molar-refractivity contribution in [3.05, 3.63) is 18.3 Å². The lowest BCUT2D eigenvalue weighted by atomic mass is 10.1. The van der Waals surface area contributed by atoms with Crippen LogP contribution in [0.3, 0.4) is 0 Å². The summed E-state index contributed by atoms with van der Waals surface area (Å²) in [5, 5.41) is 13.6. The number of ether oxygens (including phenoxy) is 1. The van der Waals surface area contributed by atoms with Crippen LogP contribution in [0.1, 0.15) is 12.8 Å². The zero-order valence-corrected chi connectivity index (χ0v) is 11.3. The van der Waals surface area contributed by atoms with Crippen LogP contribution in [0.4, 0.5) is 10.5 Å². The molecule has 1 atom stereocenters. The number of nitrogens with two attached hydrogens (primary N) is 1. The van der Waals surface area contributed by atoms with E-state index in [9.17, 15) is 14.4 Å². The minimum atomic E-state index is -1.25. The van der Waals surface area contributed by atoms with Crippen molar-refractivity contribution in [1.82, 2.24) is 10.3 Å². The highest BCUT2D eigenvalue weighted by molar-refractivity contribution is 5.92. The molecule has 0 saturated heterocycles. The van der Waals surface area contributed by atoms with Crippen LogP contribution in [0.5, 0.6) is 5.88 Å².